The molecule has 5 heteroatoms. The van der Waals surface area contributed by atoms with Crippen LogP contribution >= 0.6 is 11.8 Å². The molecule has 1 rings (SSSR count). The molecule has 0 aromatic carbocycles. The third-order valence-electron chi connectivity index (χ3n) is 1.58. The minimum atomic E-state index is -0.112. The van der Waals surface area contributed by atoms with Crippen LogP contribution in [0.4, 0.5) is 0 Å². The van der Waals surface area contributed by atoms with Crippen molar-refractivity contribution in [2.75, 3.05) is 19.1 Å². The monoisotopic (exact) mass is 199 g/mol. The van der Waals surface area contributed by atoms with Gasteiger partial charge in [-0.05, 0) is 6.26 Å². The largest absolute Gasteiger partial charge is 0.480 e. The van der Waals surface area contributed by atoms with Gasteiger partial charge in [-0.25, -0.2) is 4.98 Å². The van der Waals surface area contributed by atoms with E-state index in [0.29, 0.717) is 5.88 Å². The van der Waals surface area contributed by atoms with Gasteiger partial charge >= 0.3 is 0 Å². The zero-order valence-corrected chi connectivity index (χ0v) is 8.54. The van der Waals surface area contributed by atoms with Crippen molar-refractivity contribution in [2.45, 2.75) is 6.04 Å². The predicted octanol–water partition coefficient (Wildman–Crippen LogP) is 0.848. The summed E-state index contributed by atoms with van der Waals surface area (Å²) < 4.78 is 5.05. The Morgan fingerprint density at radius 1 is 1.54 bits per heavy atom. The highest BCUT2D eigenvalue weighted by Crippen LogP contribution is 2.19. The van der Waals surface area contributed by atoms with Crippen molar-refractivity contribution in [1.82, 2.24) is 9.97 Å². The highest BCUT2D eigenvalue weighted by molar-refractivity contribution is 7.98. The predicted molar refractivity (Wildman–Crippen MR) is 53.9 cm³/mol. The molecule has 0 aliphatic rings. The fraction of sp³-hybridized carbons (Fsp3) is 0.500. The summed E-state index contributed by atoms with van der Waals surface area (Å²) in [4.78, 5) is 8.17. The summed E-state index contributed by atoms with van der Waals surface area (Å²) in [6, 6.07) is -0.112. The van der Waals surface area contributed by atoms with E-state index in [1.54, 1.807) is 31.3 Å². The highest BCUT2D eigenvalue weighted by Gasteiger charge is 2.13. The summed E-state index contributed by atoms with van der Waals surface area (Å²) in [6.07, 6.45) is 5.22. The molecule has 1 heterocycles. The fourth-order valence-electron chi connectivity index (χ4n) is 1.01. The van der Waals surface area contributed by atoms with E-state index >= 15 is 0 Å². The summed E-state index contributed by atoms with van der Waals surface area (Å²) in [7, 11) is 1.57. The molecule has 0 saturated heterocycles. The summed E-state index contributed by atoms with van der Waals surface area (Å²) in [5.41, 5.74) is 6.60. The molecule has 0 radical (unpaired) electrons. The van der Waals surface area contributed by atoms with Crippen LogP contribution < -0.4 is 10.5 Å². The van der Waals surface area contributed by atoms with Gasteiger partial charge < -0.3 is 10.5 Å². The Bertz CT molecular complexity index is 269. The number of thioether (sulfide) groups is 1. The van der Waals surface area contributed by atoms with Crippen molar-refractivity contribution in [2.24, 2.45) is 5.73 Å². The lowest BCUT2D eigenvalue weighted by atomic mass is 10.2. The Morgan fingerprint density at radius 3 is 2.85 bits per heavy atom. The average molecular weight is 199 g/mol. The second-order valence-corrected chi connectivity index (χ2v) is 3.42. The lowest BCUT2D eigenvalue weighted by Gasteiger charge is -2.11. The van der Waals surface area contributed by atoms with Gasteiger partial charge in [-0.15, -0.1) is 0 Å². The summed E-state index contributed by atoms with van der Waals surface area (Å²) in [6.45, 7) is 0. The van der Waals surface area contributed by atoms with E-state index in [4.69, 9.17) is 10.5 Å². The van der Waals surface area contributed by atoms with Crippen molar-refractivity contribution in [3.63, 3.8) is 0 Å². The molecule has 2 N–H and O–H groups in total. The molecule has 4 nitrogen and oxygen atoms in total. The third-order valence-corrected chi connectivity index (χ3v) is 2.27. The summed E-state index contributed by atoms with van der Waals surface area (Å²) >= 11 is 1.68. The molecule has 1 aromatic rings. The van der Waals surface area contributed by atoms with Crippen LogP contribution in [0.3, 0.4) is 0 Å². The SMILES string of the molecule is COc1nccnc1C(N)CSC. The maximum Gasteiger partial charge on any atom is 0.237 e. The van der Waals surface area contributed by atoms with Crippen LogP contribution in [0.1, 0.15) is 11.7 Å². The van der Waals surface area contributed by atoms with Gasteiger partial charge in [0.1, 0.15) is 5.69 Å². The Morgan fingerprint density at radius 2 is 2.23 bits per heavy atom. The van der Waals surface area contributed by atoms with E-state index in [9.17, 15) is 0 Å². The van der Waals surface area contributed by atoms with Crippen molar-refractivity contribution >= 4 is 11.8 Å². The second-order valence-electron chi connectivity index (χ2n) is 2.51. The Kier molecular flexibility index (Phi) is 3.98. The van der Waals surface area contributed by atoms with Gasteiger partial charge in [0, 0.05) is 18.1 Å². The molecule has 0 aliphatic heterocycles. The van der Waals surface area contributed by atoms with Crippen LogP contribution in [0.25, 0.3) is 0 Å². The molecule has 0 bridgehead atoms. The van der Waals surface area contributed by atoms with Crippen LogP contribution in [0.5, 0.6) is 5.88 Å². The first-order valence-corrected chi connectivity index (χ1v) is 5.28. The number of nitrogens with two attached hydrogens (primary N) is 1. The minimum absolute atomic E-state index is 0.112. The smallest absolute Gasteiger partial charge is 0.237 e. The molecule has 0 fully saturated rings. The number of aromatic nitrogens is 2. The maximum atomic E-state index is 5.88. The van der Waals surface area contributed by atoms with Crippen LogP contribution in [0.15, 0.2) is 12.4 Å². The Balaban J connectivity index is 2.85. The number of nitrogens with zero attached hydrogens (tertiary/aromatic N) is 2. The molecular formula is C8H13N3OS. The number of ether oxygens (including phenoxy) is 1. The number of methoxy groups -OCH3 is 1. The molecule has 13 heavy (non-hydrogen) atoms. The van der Waals surface area contributed by atoms with Gasteiger partial charge in [-0.1, -0.05) is 0 Å². The molecule has 0 aliphatic carbocycles. The maximum absolute atomic E-state index is 5.88. The van der Waals surface area contributed by atoms with Crippen molar-refractivity contribution < 1.29 is 4.74 Å². The molecule has 0 amide bonds. The van der Waals surface area contributed by atoms with E-state index < -0.39 is 0 Å². The second kappa shape index (κ2) is 5.04. The van der Waals surface area contributed by atoms with Crippen molar-refractivity contribution in [1.29, 1.82) is 0 Å². The van der Waals surface area contributed by atoms with Gasteiger partial charge in [-0.3, -0.25) is 4.98 Å². The quantitative estimate of drug-likeness (QED) is 0.779. The standard InChI is InChI=1S/C8H13N3OS/c1-12-8-7(6(9)5-13-2)10-3-4-11-8/h3-4,6H,5,9H2,1-2H3. The average Bonchev–Trinajstić information content (AvgIpc) is 2.18. The van der Waals surface area contributed by atoms with Gasteiger partial charge in [-0.2, -0.15) is 11.8 Å². The van der Waals surface area contributed by atoms with Gasteiger partial charge in [0.05, 0.1) is 13.2 Å². The molecule has 0 spiro atoms. The van der Waals surface area contributed by atoms with Crippen LogP contribution in [-0.4, -0.2) is 29.1 Å². The van der Waals surface area contributed by atoms with Gasteiger partial charge in [0.25, 0.3) is 0 Å². The first-order valence-electron chi connectivity index (χ1n) is 3.89. The number of hydrogen-bond acceptors (Lipinski definition) is 5. The minimum Gasteiger partial charge on any atom is -0.480 e. The van der Waals surface area contributed by atoms with Crippen molar-refractivity contribution in [3.8, 4) is 5.88 Å². The van der Waals surface area contributed by atoms with Gasteiger partial charge in [0.15, 0.2) is 0 Å². The molecular weight excluding hydrogens is 186 g/mol. The van der Waals surface area contributed by atoms with E-state index in [1.807, 2.05) is 6.26 Å². The zero-order valence-electron chi connectivity index (χ0n) is 7.73. The van der Waals surface area contributed by atoms with E-state index in [-0.39, 0.29) is 6.04 Å². The first kappa shape index (κ1) is 10.3. The first-order chi connectivity index (χ1) is 6.29. The molecule has 0 saturated carbocycles. The molecule has 1 atom stereocenters. The zero-order chi connectivity index (χ0) is 9.68. The topological polar surface area (TPSA) is 61.0 Å². The van der Waals surface area contributed by atoms with Crippen LogP contribution in [-0.2, 0) is 0 Å². The number of hydrogen-bond donors (Lipinski definition) is 1. The van der Waals surface area contributed by atoms with Crippen LogP contribution in [0, 0.1) is 0 Å². The number of rotatable bonds is 4. The van der Waals surface area contributed by atoms with Gasteiger partial charge in [0.2, 0.25) is 5.88 Å². The fourth-order valence-corrected chi connectivity index (χ4v) is 1.52. The lowest BCUT2D eigenvalue weighted by Crippen LogP contribution is -2.16. The van der Waals surface area contributed by atoms with E-state index in [1.165, 1.54) is 0 Å². The van der Waals surface area contributed by atoms with E-state index in [2.05, 4.69) is 9.97 Å². The van der Waals surface area contributed by atoms with Crippen LogP contribution in [0.2, 0.25) is 0 Å². The molecule has 72 valence electrons. The lowest BCUT2D eigenvalue weighted by molar-refractivity contribution is 0.386. The Hall–Kier alpha value is -0.810. The molecule has 1 aromatic heterocycles. The Labute approximate surface area is 81.9 Å². The highest BCUT2D eigenvalue weighted by atomic mass is 32.2. The normalized spacial score (nSPS) is 12.5. The van der Waals surface area contributed by atoms with E-state index in [0.717, 1.165) is 11.4 Å². The third kappa shape index (κ3) is 2.57. The van der Waals surface area contributed by atoms with Crippen molar-refractivity contribution in [3.05, 3.63) is 18.1 Å². The summed E-state index contributed by atoms with van der Waals surface area (Å²) in [5, 5.41) is 0. The molecule has 1 unspecified atom stereocenters. The summed E-state index contributed by atoms with van der Waals surface area (Å²) in [5.74, 6) is 1.33.